The Morgan fingerprint density at radius 2 is 2.12 bits per heavy atom. The summed E-state index contributed by atoms with van der Waals surface area (Å²) in [5, 5.41) is 0. The van der Waals surface area contributed by atoms with Gasteiger partial charge in [0.05, 0.1) is 25.9 Å². The van der Waals surface area contributed by atoms with Crippen LogP contribution in [0.4, 0.5) is 0 Å². The largest absolute Gasteiger partial charge is 0.466 e. The van der Waals surface area contributed by atoms with E-state index < -0.39 is 5.79 Å². The van der Waals surface area contributed by atoms with E-state index >= 15 is 0 Å². The summed E-state index contributed by atoms with van der Waals surface area (Å²) in [6, 6.07) is 0. The summed E-state index contributed by atoms with van der Waals surface area (Å²) in [7, 11) is 1.36. The van der Waals surface area contributed by atoms with Crippen LogP contribution >= 0.6 is 23.0 Å². The lowest BCUT2D eigenvalue weighted by molar-refractivity contribution is -0.169. The Morgan fingerprint density at radius 1 is 1.44 bits per heavy atom. The van der Waals surface area contributed by atoms with Crippen molar-refractivity contribution in [3.8, 4) is 0 Å². The molecule has 1 spiro atoms. The Kier molecular flexibility index (Phi) is 3.70. The molecule has 1 fully saturated rings. The fraction of sp³-hybridized carbons (Fsp3) is 0.700. The third-order valence-electron chi connectivity index (χ3n) is 2.85. The zero-order valence-electron chi connectivity index (χ0n) is 8.95. The molecule has 0 radical (unpaired) electrons. The minimum atomic E-state index is -0.637. The highest BCUT2D eigenvalue weighted by Crippen LogP contribution is 2.40. The van der Waals surface area contributed by atoms with Gasteiger partial charge in [-0.3, -0.25) is 0 Å². The van der Waals surface area contributed by atoms with Gasteiger partial charge in [-0.25, -0.2) is 4.79 Å². The van der Waals surface area contributed by atoms with E-state index in [9.17, 15) is 4.79 Å². The molecule has 2 aliphatic rings. The van der Waals surface area contributed by atoms with Crippen LogP contribution < -0.4 is 0 Å². The number of ether oxygens (including phenoxy) is 3. The summed E-state index contributed by atoms with van der Waals surface area (Å²) in [6.45, 7) is 1.16. The molecule has 0 atom stereocenters. The number of hydrogen-bond donors (Lipinski definition) is 0. The molecule has 16 heavy (non-hydrogen) atoms. The van der Waals surface area contributed by atoms with Gasteiger partial charge in [0.15, 0.2) is 28.8 Å². The molecule has 1 saturated heterocycles. The van der Waals surface area contributed by atoms with Crippen LogP contribution in [-0.4, -0.2) is 32.1 Å². The lowest BCUT2D eigenvalue weighted by atomic mass is 9.92. The maximum atomic E-state index is 11.6. The molecule has 0 unspecified atom stereocenters. The van der Waals surface area contributed by atoms with Crippen LogP contribution in [0.2, 0.25) is 0 Å². The average molecular weight is 340 g/mol. The van der Waals surface area contributed by atoms with Crippen LogP contribution in [0.1, 0.15) is 19.3 Å². The highest BCUT2D eigenvalue weighted by atomic mass is 127. The van der Waals surface area contributed by atoms with Crippen LogP contribution in [0.25, 0.3) is 0 Å². The molecule has 1 heterocycles. The highest BCUT2D eigenvalue weighted by Gasteiger charge is 2.43. The molecule has 6 heteroatoms. The first kappa shape index (κ1) is 12.1. The molecular weight excluding hydrogens is 327 g/mol. The second-order valence-corrected chi connectivity index (χ2v) is 4.20. The van der Waals surface area contributed by atoms with Gasteiger partial charge >= 0.3 is 5.97 Å². The van der Waals surface area contributed by atoms with Crippen LogP contribution in [0, 0.1) is 0 Å². The lowest BCUT2D eigenvalue weighted by Gasteiger charge is -2.32. The zero-order chi connectivity index (χ0) is 11.6. The number of esters is 1. The average Bonchev–Trinajstić information content (AvgIpc) is 2.76. The number of allylic oxidation sites excluding steroid dienone is 1. The van der Waals surface area contributed by atoms with Crippen molar-refractivity contribution in [2.45, 2.75) is 25.0 Å². The molecule has 5 nitrogen and oxygen atoms in total. The second-order valence-electron chi connectivity index (χ2n) is 3.75. The summed E-state index contributed by atoms with van der Waals surface area (Å²) < 4.78 is 21.1. The molecule has 1 aliphatic heterocycles. The first-order chi connectivity index (χ1) is 7.71. The summed E-state index contributed by atoms with van der Waals surface area (Å²) in [4.78, 5) is 11.6. The van der Waals surface area contributed by atoms with E-state index in [1.54, 1.807) is 23.0 Å². The Balaban J connectivity index is 2.21. The third-order valence-corrected chi connectivity index (χ3v) is 3.39. The summed E-state index contributed by atoms with van der Waals surface area (Å²) in [5.74, 6) is -0.343. The number of halogens is 1. The Labute approximate surface area is 108 Å². The summed E-state index contributed by atoms with van der Waals surface area (Å²) >= 11 is 1.78. The lowest BCUT2D eigenvalue weighted by Crippen LogP contribution is -2.35. The first-order valence-corrected chi connectivity index (χ1v) is 5.96. The van der Waals surface area contributed by atoms with Crippen LogP contribution in [-0.2, 0) is 22.1 Å². The van der Waals surface area contributed by atoms with Crippen molar-refractivity contribution in [2.75, 3.05) is 20.3 Å². The van der Waals surface area contributed by atoms with Crippen LogP contribution in [0.15, 0.2) is 11.3 Å². The molecule has 0 N–H and O–H groups in total. The van der Waals surface area contributed by atoms with E-state index in [1.165, 1.54) is 7.11 Å². The highest BCUT2D eigenvalue weighted by molar-refractivity contribution is 14.1. The van der Waals surface area contributed by atoms with Crippen molar-refractivity contribution in [3.63, 3.8) is 0 Å². The van der Waals surface area contributed by atoms with E-state index in [1.807, 2.05) is 0 Å². The standard InChI is InChI=1S/C10H13IO5/c1-13-9(12)7-6-10(14-4-5-15-10)3-2-8(7)16-11/h2-6H2,1H3. The van der Waals surface area contributed by atoms with E-state index in [2.05, 4.69) is 0 Å². The minimum Gasteiger partial charge on any atom is -0.466 e. The van der Waals surface area contributed by atoms with Gasteiger partial charge in [-0.1, -0.05) is 0 Å². The molecule has 90 valence electrons. The number of methoxy groups -OCH3 is 1. The number of carbonyl (C=O) groups excluding carboxylic acids is 1. The number of carbonyl (C=O) groups is 1. The fourth-order valence-corrected chi connectivity index (χ4v) is 2.53. The number of rotatable bonds is 2. The molecule has 1 aliphatic carbocycles. The van der Waals surface area contributed by atoms with Crippen molar-refractivity contribution < 1.29 is 22.1 Å². The Bertz CT molecular complexity index is 319. The van der Waals surface area contributed by atoms with Crippen molar-refractivity contribution >= 4 is 29.0 Å². The summed E-state index contributed by atoms with van der Waals surface area (Å²) in [6.07, 6.45) is 1.75. The van der Waals surface area contributed by atoms with Gasteiger partial charge in [-0.05, 0) is 0 Å². The topological polar surface area (TPSA) is 54.0 Å². The van der Waals surface area contributed by atoms with Gasteiger partial charge in [-0.2, -0.15) is 0 Å². The summed E-state index contributed by atoms with van der Waals surface area (Å²) in [5.41, 5.74) is 0.519. The van der Waals surface area contributed by atoms with E-state index in [0.29, 0.717) is 43.8 Å². The molecule has 0 amide bonds. The predicted molar refractivity (Wildman–Crippen MR) is 62.6 cm³/mol. The van der Waals surface area contributed by atoms with Crippen molar-refractivity contribution in [1.82, 2.24) is 0 Å². The zero-order valence-corrected chi connectivity index (χ0v) is 11.1. The maximum absolute atomic E-state index is 11.6. The van der Waals surface area contributed by atoms with E-state index in [4.69, 9.17) is 17.3 Å². The molecule has 0 aromatic heterocycles. The minimum absolute atomic E-state index is 0.371. The van der Waals surface area contributed by atoms with Gasteiger partial charge < -0.3 is 17.3 Å². The third kappa shape index (κ3) is 2.18. The monoisotopic (exact) mass is 340 g/mol. The van der Waals surface area contributed by atoms with Gasteiger partial charge in [0.2, 0.25) is 0 Å². The second kappa shape index (κ2) is 4.89. The van der Waals surface area contributed by atoms with Gasteiger partial charge in [0, 0.05) is 19.3 Å². The molecule has 0 saturated carbocycles. The van der Waals surface area contributed by atoms with Gasteiger partial charge in [0.1, 0.15) is 5.76 Å². The molecule has 0 aromatic carbocycles. The fourth-order valence-electron chi connectivity index (χ4n) is 2.05. The molecule has 2 rings (SSSR count). The first-order valence-electron chi connectivity index (χ1n) is 5.07. The van der Waals surface area contributed by atoms with Crippen LogP contribution in [0.5, 0.6) is 0 Å². The molecule has 0 aromatic rings. The van der Waals surface area contributed by atoms with Gasteiger partial charge in [0.25, 0.3) is 0 Å². The van der Waals surface area contributed by atoms with Crippen molar-refractivity contribution in [1.29, 1.82) is 0 Å². The normalized spacial score (nSPS) is 23.6. The number of hydrogen-bond acceptors (Lipinski definition) is 5. The quantitative estimate of drug-likeness (QED) is 0.566. The Hall–Kier alpha value is -0.340. The van der Waals surface area contributed by atoms with Gasteiger partial charge in [-0.15, -0.1) is 0 Å². The molecular formula is C10H13IO5. The van der Waals surface area contributed by atoms with Crippen molar-refractivity contribution in [3.05, 3.63) is 11.3 Å². The smallest absolute Gasteiger partial charge is 0.337 e. The maximum Gasteiger partial charge on any atom is 0.337 e. The van der Waals surface area contributed by atoms with Crippen LogP contribution in [0.3, 0.4) is 0 Å². The van der Waals surface area contributed by atoms with E-state index in [-0.39, 0.29) is 5.97 Å². The van der Waals surface area contributed by atoms with Crippen molar-refractivity contribution in [2.24, 2.45) is 0 Å². The Morgan fingerprint density at radius 3 is 2.69 bits per heavy atom. The SMILES string of the molecule is COC(=O)C1=C(OI)CCC2(C1)OCCO2. The predicted octanol–water partition coefficient (Wildman–Crippen LogP) is 1.71. The van der Waals surface area contributed by atoms with E-state index in [0.717, 1.165) is 0 Å². The molecule has 0 bridgehead atoms.